The maximum atomic E-state index is 14.1. The van der Waals surface area contributed by atoms with E-state index in [9.17, 15) is 4.39 Å². The van der Waals surface area contributed by atoms with Gasteiger partial charge in [-0.2, -0.15) is 0 Å². The second-order valence-corrected chi connectivity index (χ2v) is 5.33. The molecule has 106 valence electrons. The molecule has 0 fully saturated rings. The fourth-order valence-electron chi connectivity index (χ4n) is 1.69. The maximum absolute atomic E-state index is 14.1. The summed E-state index contributed by atoms with van der Waals surface area (Å²) in [6, 6.07) is 3.32. The van der Waals surface area contributed by atoms with E-state index in [1.807, 2.05) is 0 Å². The molecule has 1 aromatic heterocycles. The Balaban J connectivity index is 1.93. The van der Waals surface area contributed by atoms with Crippen LogP contribution in [-0.4, -0.2) is 26.5 Å². The van der Waals surface area contributed by atoms with Crippen molar-refractivity contribution in [3.8, 4) is 0 Å². The Morgan fingerprint density at radius 3 is 2.95 bits per heavy atom. The lowest BCUT2D eigenvalue weighted by Crippen LogP contribution is -2.13. The van der Waals surface area contributed by atoms with Crippen molar-refractivity contribution in [1.82, 2.24) is 15.0 Å². The molecule has 0 unspecified atom stereocenters. The number of nitrogens with zero attached hydrogens (tertiary/aromatic N) is 3. The second-order valence-electron chi connectivity index (χ2n) is 4.10. The minimum Gasteiger partial charge on any atom is -0.389 e. The molecule has 0 radical (unpaired) electrons. The molecule has 1 aromatic carbocycles. The number of thiocarbonyl (C=S) groups is 1. The number of aryl methyl sites for hydroxylation is 1. The first-order valence-electron chi connectivity index (χ1n) is 5.95. The summed E-state index contributed by atoms with van der Waals surface area (Å²) >= 11 is 8.02. The van der Waals surface area contributed by atoms with Crippen LogP contribution in [0.2, 0.25) is 0 Å². The molecule has 0 aliphatic carbocycles. The normalized spacial score (nSPS) is 10.5. The highest BCUT2D eigenvalue weighted by molar-refractivity contribution is 9.10. The van der Waals surface area contributed by atoms with Gasteiger partial charge in [-0.3, -0.25) is 4.68 Å². The van der Waals surface area contributed by atoms with E-state index >= 15 is 0 Å². The van der Waals surface area contributed by atoms with Crippen molar-refractivity contribution in [3.63, 3.8) is 0 Å². The number of nitrogens with one attached hydrogen (secondary N) is 1. The van der Waals surface area contributed by atoms with Gasteiger partial charge in [-0.05, 0) is 34.5 Å². The average Bonchev–Trinajstić information content (AvgIpc) is 2.92. The summed E-state index contributed by atoms with van der Waals surface area (Å²) in [7, 11) is 0. The van der Waals surface area contributed by atoms with Crippen LogP contribution in [-0.2, 0) is 6.54 Å². The topological polar surface area (TPSA) is 68.8 Å². The molecule has 0 aliphatic heterocycles. The third-order valence-electron chi connectivity index (χ3n) is 2.70. The molecule has 0 saturated heterocycles. The van der Waals surface area contributed by atoms with E-state index < -0.39 is 5.82 Å². The van der Waals surface area contributed by atoms with Crippen LogP contribution in [0.3, 0.4) is 0 Å². The summed E-state index contributed by atoms with van der Waals surface area (Å²) in [5.41, 5.74) is 6.41. The predicted octanol–water partition coefficient (Wildman–Crippen LogP) is 2.32. The van der Waals surface area contributed by atoms with E-state index in [0.717, 1.165) is 13.0 Å². The molecule has 2 aromatic rings. The first kappa shape index (κ1) is 14.9. The molecule has 0 bridgehead atoms. The number of halogens is 2. The Labute approximate surface area is 129 Å². The van der Waals surface area contributed by atoms with Crippen LogP contribution >= 0.6 is 28.1 Å². The summed E-state index contributed by atoms with van der Waals surface area (Å²) in [6.07, 6.45) is 4.21. The van der Waals surface area contributed by atoms with Crippen LogP contribution in [0, 0.1) is 5.82 Å². The van der Waals surface area contributed by atoms with Crippen molar-refractivity contribution in [2.24, 2.45) is 5.73 Å². The number of hydrogen-bond acceptors (Lipinski definition) is 4. The number of aromatic nitrogens is 3. The molecule has 0 atom stereocenters. The second kappa shape index (κ2) is 6.76. The Bertz CT molecular complexity index is 602. The van der Waals surface area contributed by atoms with Gasteiger partial charge in [0.25, 0.3) is 0 Å². The predicted molar refractivity (Wildman–Crippen MR) is 83.1 cm³/mol. The van der Waals surface area contributed by atoms with E-state index in [1.54, 1.807) is 29.2 Å². The Morgan fingerprint density at radius 1 is 1.50 bits per heavy atom. The van der Waals surface area contributed by atoms with Crippen LogP contribution in [0.1, 0.15) is 12.0 Å². The fraction of sp³-hybridized carbons (Fsp3) is 0.250. The zero-order valence-electron chi connectivity index (χ0n) is 10.5. The van der Waals surface area contributed by atoms with Gasteiger partial charge in [0.15, 0.2) is 5.82 Å². The highest BCUT2D eigenvalue weighted by Gasteiger charge is 2.12. The third kappa shape index (κ3) is 3.51. The minimum atomic E-state index is -0.393. The zero-order valence-corrected chi connectivity index (χ0v) is 12.9. The Morgan fingerprint density at radius 2 is 2.30 bits per heavy atom. The van der Waals surface area contributed by atoms with Crippen molar-refractivity contribution >= 4 is 38.8 Å². The Kier molecular flexibility index (Phi) is 5.02. The monoisotopic (exact) mass is 357 g/mol. The SMILES string of the molecule is NC(=S)c1ccc(NCCCn2ccnn2)c(F)c1Br. The lowest BCUT2D eigenvalue weighted by Gasteiger charge is -2.11. The largest absolute Gasteiger partial charge is 0.389 e. The molecular formula is C12H13BrFN5S. The van der Waals surface area contributed by atoms with Crippen LogP contribution in [0.4, 0.5) is 10.1 Å². The standard InChI is InChI=1S/C12H13BrFN5S/c13-10-8(12(15)20)2-3-9(11(10)14)16-4-1-6-19-7-5-17-18-19/h2-3,5,7,16H,1,4,6H2,(H2,15,20). The molecule has 1 heterocycles. The molecule has 0 spiro atoms. The van der Waals surface area contributed by atoms with Gasteiger partial charge >= 0.3 is 0 Å². The van der Waals surface area contributed by atoms with Gasteiger partial charge in [0.1, 0.15) is 4.99 Å². The van der Waals surface area contributed by atoms with Crippen molar-refractivity contribution in [2.75, 3.05) is 11.9 Å². The van der Waals surface area contributed by atoms with Crippen molar-refractivity contribution < 1.29 is 4.39 Å². The zero-order chi connectivity index (χ0) is 14.5. The summed E-state index contributed by atoms with van der Waals surface area (Å²) in [4.78, 5) is 0.161. The molecule has 20 heavy (non-hydrogen) atoms. The quantitative estimate of drug-likeness (QED) is 0.613. The molecule has 5 nitrogen and oxygen atoms in total. The highest BCUT2D eigenvalue weighted by atomic mass is 79.9. The van der Waals surface area contributed by atoms with Gasteiger partial charge in [-0.1, -0.05) is 17.4 Å². The lowest BCUT2D eigenvalue weighted by molar-refractivity contribution is 0.568. The van der Waals surface area contributed by atoms with Gasteiger partial charge < -0.3 is 11.1 Å². The van der Waals surface area contributed by atoms with Gasteiger partial charge in [0, 0.05) is 24.8 Å². The Hall–Kier alpha value is -1.54. The van der Waals surface area contributed by atoms with E-state index in [0.29, 0.717) is 17.8 Å². The van der Waals surface area contributed by atoms with E-state index in [4.69, 9.17) is 18.0 Å². The minimum absolute atomic E-state index is 0.161. The van der Waals surface area contributed by atoms with Crippen molar-refractivity contribution in [1.29, 1.82) is 0 Å². The van der Waals surface area contributed by atoms with Crippen LogP contribution in [0.25, 0.3) is 0 Å². The van der Waals surface area contributed by atoms with Crippen LogP contribution < -0.4 is 11.1 Å². The highest BCUT2D eigenvalue weighted by Crippen LogP contribution is 2.27. The van der Waals surface area contributed by atoms with Gasteiger partial charge in [0.05, 0.1) is 16.4 Å². The fourth-order valence-corrected chi connectivity index (χ4v) is 2.55. The van der Waals surface area contributed by atoms with Gasteiger partial charge in [-0.15, -0.1) is 5.10 Å². The van der Waals surface area contributed by atoms with E-state index in [-0.39, 0.29) is 9.46 Å². The summed E-state index contributed by atoms with van der Waals surface area (Å²) < 4.78 is 16.1. The maximum Gasteiger partial charge on any atom is 0.161 e. The first-order chi connectivity index (χ1) is 9.59. The van der Waals surface area contributed by atoms with Gasteiger partial charge in [0.2, 0.25) is 0 Å². The number of rotatable bonds is 6. The number of hydrogen-bond donors (Lipinski definition) is 2. The smallest absolute Gasteiger partial charge is 0.161 e. The first-order valence-corrected chi connectivity index (χ1v) is 7.15. The molecule has 2 rings (SSSR count). The molecular weight excluding hydrogens is 345 g/mol. The van der Waals surface area contributed by atoms with Crippen molar-refractivity contribution in [3.05, 3.63) is 40.4 Å². The number of anilines is 1. The van der Waals surface area contributed by atoms with Gasteiger partial charge in [-0.25, -0.2) is 4.39 Å². The average molecular weight is 358 g/mol. The molecule has 0 saturated carbocycles. The third-order valence-corrected chi connectivity index (χ3v) is 3.69. The molecule has 0 aliphatic rings. The summed E-state index contributed by atoms with van der Waals surface area (Å²) in [6.45, 7) is 1.34. The van der Waals surface area contributed by atoms with Crippen molar-refractivity contribution in [2.45, 2.75) is 13.0 Å². The molecule has 0 amide bonds. The number of nitrogens with two attached hydrogens (primary N) is 1. The lowest BCUT2D eigenvalue weighted by atomic mass is 10.2. The summed E-state index contributed by atoms with van der Waals surface area (Å²) in [5, 5.41) is 10.6. The van der Waals surface area contributed by atoms with E-state index in [1.165, 1.54) is 0 Å². The van der Waals surface area contributed by atoms with Crippen LogP contribution in [0.15, 0.2) is 29.0 Å². The van der Waals surface area contributed by atoms with Crippen LogP contribution in [0.5, 0.6) is 0 Å². The number of benzene rings is 1. The van der Waals surface area contributed by atoms with E-state index in [2.05, 4.69) is 31.6 Å². The molecule has 3 N–H and O–H groups in total. The molecule has 8 heteroatoms. The summed E-state index contributed by atoms with van der Waals surface area (Å²) in [5.74, 6) is -0.393.